The summed E-state index contributed by atoms with van der Waals surface area (Å²) in [7, 11) is 1.64. The lowest BCUT2D eigenvalue weighted by atomic mass is 10.0. The molecule has 0 saturated heterocycles. The fraction of sp³-hybridized carbons (Fsp3) is 0.143. The van der Waals surface area contributed by atoms with E-state index in [9.17, 15) is 0 Å². The molecule has 0 spiro atoms. The number of hydrogen-bond donors (Lipinski definition) is 0. The minimum Gasteiger partial charge on any atom is -0.493 e. The quantitative estimate of drug-likeness (QED) is 0.199. The van der Waals surface area contributed by atoms with Crippen LogP contribution in [0, 0.1) is 0 Å². The smallest absolute Gasteiger partial charge is 0.231 e. The molecule has 0 N–H and O–H groups in total. The van der Waals surface area contributed by atoms with E-state index < -0.39 is 0 Å². The third-order valence-corrected chi connectivity index (χ3v) is 7.80. The summed E-state index contributed by atoms with van der Waals surface area (Å²) in [6, 6.07) is 26.0. The summed E-state index contributed by atoms with van der Waals surface area (Å²) in [4.78, 5) is 9.34. The zero-order valence-corrected chi connectivity index (χ0v) is 23.3. The normalized spacial score (nSPS) is 13.0. The van der Waals surface area contributed by atoms with E-state index in [1.165, 1.54) is 0 Å². The molecule has 0 aliphatic carbocycles. The van der Waals surface area contributed by atoms with Gasteiger partial charge in [-0.05, 0) is 82.6 Å². The first-order valence-corrected chi connectivity index (χ1v) is 14.0. The first kappa shape index (κ1) is 25.2. The van der Waals surface area contributed by atoms with E-state index in [4.69, 9.17) is 28.4 Å². The van der Waals surface area contributed by atoms with Crippen LogP contribution >= 0.6 is 0 Å². The van der Waals surface area contributed by atoms with Crippen LogP contribution in [0.15, 0.2) is 91.3 Å². The van der Waals surface area contributed by atoms with Crippen molar-refractivity contribution in [3.63, 3.8) is 0 Å². The van der Waals surface area contributed by atoms with Gasteiger partial charge in [-0.2, -0.15) is 0 Å². The third-order valence-electron chi connectivity index (χ3n) is 7.80. The Morgan fingerprint density at radius 3 is 1.70 bits per heavy atom. The molecule has 2 aromatic heterocycles. The minimum absolute atomic E-state index is 0.238. The highest BCUT2D eigenvalue weighted by atomic mass is 16.7. The number of rotatable bonds is 7. The number of nitrogens with zero attached hydrogens (tertiary/aromatic N) is 2. The van der Waals surface area contributed by atoms with Gasteiger partial charge in [-0.15, -0.1) is 0 Å². The lowest BCUT2D eigenvalue weighted by Crippen LogP contribution is -1.97. The molecule has 8 rings (SSSR count). The van der Waals surface area contributed by atoms with Crippen molar-refractivity contribution in [3.8, 4) is 40.2 Å². The SMILES string of the molecule is COc1ccc(Cc2nccc3cc4c(cc23)OCO4)cc1Oc1ccc(Cc2nccc3cc4c(cc23)OCO4)cc1. The van der Waals surface area contributed by atoms with Crippen molar-refractivity contribution in [2.45, 2.75) is 12.8 Å². The minimum atomic E-state index is 0.238. The average molecular weight is 571 g/mol. The molecule has 43 heavy (non-hydrogen) atoms. The Morgan fingerprint density at radius 2 is 1.12 bits per heavy atom. The molecule has 6 aromatic rings. The fourth-order valence-corrected chi connectivity index (χ4v) is 5.63. The van der Waals surface area contributed by atoms with E-state index in [2.05, 4.69) is 22.1 Å². The zero-order chi connectivity index (χ0) is 28.8. The summed E-state index contributed by atoms with van der Waals surface area (Å²) in [5.41, 5.74) is 4.09. The Kier molecular flexibility index (Phi) is 6.10. The molecule has 0 saturated carbocycles. The van der Waals surface area contributed by atoms with Crippen molar-refractivity contribution >= 4 is 21.5 Å². The molecule has 0 fully saturated rings. The number of benzene rings is 4. The lowest BCUT2D eigenvalue weighted by Gasteiger charge is -2.13. The largest absolute Gasteiger partial charge is 0.493 e. The molecule has 0 atom stereocenters. The van der Waals surface area contributed by atoms with Crippen molar-refractivity contribution in [2.24, 2.45) is 0 Å². The van der Waals surface area contributed by atoms with Crippen LogP contribution in [0.4, 0.5) is 0 Å². The van der Waals surface area contributed by atoms with Crippen molar-refractivity contribution in [1.29, 1.82) is 0 Å². The van der Waals surface area contributed by atoms with Crippen LogP contribution in [0.2, 0.25) is 0 Å². The summed E-state index contributed by atoms with van der Waals surface area (Å²) < 4.78 is 34.2. The first-order chi connectivity index (χ1) is 21.2. The van der Waals surface area contributed by atoms with Crippen molar-refractivity contribution in [1.82, 2.24) is 9.97 Å². The van der Waals surface area contributed by atoms with Crippen LogP contribution in [0.1, 0.15) is 22.5 Å². The highest BCUT2D eigenvalue weighted by molar-refractivity contribution is 5.89. The van der Waals surface area contributed by atoms with Gasteiger partial charge in [0.2, 0.25) is 13.6 Å². The van der Waals surface area contributed by atoms with Crippen molar-refractivity contribution in [3.05, 3.63) is 114 Å². The number of hydrogen-bond acceptors (Lipinski definition) is 8. The van der Waals surface area contributed by atoms with E-state index in [0.29, 0.717) is 30.1 Å². The van der Waals surface area contributed by atoms with Crippen LogP contribution in [0.3, 0.4) is 0 Å². The van der Waals surface area contributed by atoms with Gasteiger partial charge < -0.3 is 28.4 Å². The van der Waals surface area contributed by atoms with E-state index in [-0.39, 0.29) is 13.6 Å². The second-order valence-electron chi connectivity index (χ2n) is 10.5. The van der Waals surface area contributed by atoms with E-state index in [0.717, 1.165) is 67.1 Å². The van der Waals surface area contributed by atoms with E-state index in [1.54, 1.807) is 7.11 Å². The Bertz CT molecular complexity index is 2010. The summed E-state index contributed by atoms with van der Waals surface area (Å²) in [6.45, 7) is 0.484. The number of ether oxygens (including phenoxy) is 6. The first-order valence-electron chi connectivity index (χ1n) is 14.0. The van der Waals surface area contributed by atoms with Crippen LogP contribution in [0.25, 0.3) is 21.5 Å². The molecule has 0 unspecified atom stereocenters. The van der Waals surface area contributed by atoms with Gasteiger partial charge in [0.25, 0.3) is 0 Å². The number of aromatic nitrogens is 2. The van der Waals surface area contributed by atoms with Gasteiger partial charge in [-0.1, -0.05) is 18.2 Å². The molecule has 0 radical (unpaired) electrons. The highest BCUT2D eigenvalue weighted by Gasteiger charge is 2.18. The molecule has 8 heteroatoms. The zero-order valence-electron chi connectivity index (χ0n) is 23.3. The van der Waals surface area contributed by atoms with Crippen LogP contribution in [0.5, 0.6) is 40.2 Å². The monoisotopic (exact) mass is 570 g/mol. The molecular weight excluding hydrogens is 544 g/mol. The second kappa shape index (κ2) is 10.4. The Balaban J connectivity index is 1.03. The van der Waals surface area contributed by atoms with Crippen LogP contribution in [-0.4, -0.2) is 30.7 Å². The molecule has 4 heterocycles. The fourth-order valence-electron chi connectivity index (χ4n) is 5.63. The summed E-state index contributed by atoms with van der Waals surface area (Å²) in [6.07, 6.45) is 4.95. The molecule has 0 bridgehead atoms. The summed E-state index contributed by atoms with van der Waals surface area (Å²) >= 11 is 0. The Hall–Kier alpha value is -5.50. The topological polar surface area (TPSA) is 81.2 Å². The van der Waals surface area contributed by atoms with Gasteiger partial charge in [-0.3, -0.25) is 9.97 Å². The maximum Gasteiger partial charge on any atom is 0.231 e. The van der Waals surface area contributed by atoms with Gasteiger partial charge in [0.05, 0.1) is 18.5 Å². The van der Waals surface area contributed by atoms with Gasteiger partial charge in [-0.25, -0.2) is 0 Å². The Labute approximate surface area is 247 Å². The highest BCUT2D eigenvalue weighted by Crippen LogP contribution is 2.39. The average Bonchev–Trinajstić information content (AvgIpc) is 3.69. The van der Waals surface area contributed by atoms with Crippen molar-refractivity contribution < 1.29 is 28.4 Å². The number of fused-ring (bicyclic) bond motifs is 4. The van der Waals surface area contributed by atoms with Gasteiger partial charge >= 0.3 is 0 Å². The van der Waals surface area contributed by atoms with Crippen molar-refractivity contribution in [2.75, 3.05) is 20.7 Å². The molecule has 0 amide bonds. The molecule has 2 aliphatic heterocycles. The summed E-state index contributed by atoms with van der Waals surface area (Å²) in [5.74, 6) is 5.03. The molecule has 2 aliphatic rings. The third kappa shape index (κ3) is 4.76. The van der Waals surface area contributed by atoms with E-state index >= 15 is 0 Å². The molecule has 212 valence electrons. The summed E-state index contributed by atoms with van der Waals surface area (Å²) in [5, 5.41) is 4.22. The molecule has 8 nitrogen and oxygen atoms in total. The molecule has 4 aromatic carbocycles. The lowest BCUT2D eigenvalue weighted by molar-refractivity contribution is 0.173. The number of pyridine rings is 2. The maximum absolute atomic E-state index is 6.32. The van der Waals surface area contributed by atoms with Gasteiger partial charge in [0.15, 0.2) is 34.5 Å². The van der Waals surface area contributed by atoms with E-state index in [1.807, 2.05) is 79.1 Å². The van der Waals surface area contributed by atoms with Gasteiger partial charge in [0, 0.05) is 36.0 Å². The van der Waals surface area contributed by atoms with Crippen LogP contribution < -0.4 is 28.4 Å². The van der Waals surface area contributed by atoms with Crippen LogP contribution in [-0.2, 0) is 12.8 Å². The predicted octanol–water partition coefficient (Wildman–Crippen LogP) is 7.22. The maximum atomic E-state index is 6.32. The Morgan fingerprint density at radius 1 is 0.581 bits per heavy atom. The second-order valence-corrected chi connectivity index (χ2v) is 10.5. The van der Waals surface area contributed by atoms with Gasteiger partial charge in [0.1, 0.15) is 5.75 Å². The molecular formula is C35H26N2O6. The number of methoxy groups -OCH3 is 1. The standard InChI is InChI=1S/C35H26N2O6/c1-38-30-7-4-22(13-29-27-18-34-32(40-20-42-34)16-24(27)9-11-37-29)14-35(30)43-25-5-2-21(3-6-25)12-28-26-17-33-31(39-19-41-33)15-23(26)8-10-36-28/h2-11,14-18H,12-13,19-20H2,1H3. The predicted molar refractivity (Wildman–Crippen MR) is 161 cm³/mol.